The van der Waals surface area contributed by atoms with Gasteiger partial charge in [-0.05, 0) is 33.1 Å². The number of fused-ring (bicyclic) bond motifs is 3. The highest BCUT2D eigenvalue weighted by Crippen LogP contribution is 2.29. The van der Waals surface area contributed by atoms with Gasteiger partial charge in [-0.3, -0.25) is 19.3 Å². The molecule has 0 aliphatic heterocycles. The number of anilines is 1. The first-order valence-corrected chi connectivity index (χ1v) is 8.95. The van der Waals surface area contributed by atoms with Crippen LogP contribution in [0, 0.1) is 13.8 Å². The maximum Gasteiger partial charge on any atom is 0.271 e. The second-order valence-corrected chi connectivity index (χ2v) is 7.80. The Labute approximate surface area is 139 Å². The van der Waals surface area contributed by atoms with Gasteiger partial charge in [-0.15, -0.1) is 22.7 Å². The maximum absolute atomic E-state index is 12.7. The zero-order chi connectivity index (χ0) is 16.1. The summed E-state index contributed by atoms with van der Waals surface area (Å²) in [6.07, 6.45) is 4.28. The molecule has 0 aromatic carbocycles. The zero-order valence-electron chi connectivity index (χ0n) is 12.7. The average molecular weight is 346 g/mol. The summed E-state index contributed by atoms with van der Waals surface area (Å²) in [5.41, 5.74) is 1.65. The first-order valence-electron chi connectivity index (χ1n) is 7.32. The molecule has 0 radical (unpaired) electrons. The molecule has 0 saturated heterocycles. The van der Waals surface area contributed by atoms with Gasteiger partial charge in [-0.2, -0.15) is 0 Å². The number of aryl methyl sites for hydroxylation is 4. The number of amides is 1. The number of nitrogens with one attached hydrogen (secondary N) is 1. The van der Waals surface area contributed by atoms with Crippen molar-refractivity contribution in [3.05, 3.63) is 43.3 Å². The van der Waals surface area contributed by atoms with Gasteiger partial charge in [-0.1, -0.05) is 0 Å². The van der Waals surface area contributed by atoms with E-state index in [1.54, 1.807) is 15.7 Å². The van der Waals surface area contributed by atoms with E-state index in [0.717, 1.165) is 35.5 Å². The van der Waals surface area contributed by atoms with Crippen LogP contribution in [0.3, 0.4) is 0 Å². The van der Waals surface area contributed by atoms with E-state index >= 15 is 0 Å². The van der Waals surface area contributed by atoms with Crippen molar-refractivity contribution < 1.29 is 4.79 Å². The molecule has 1 amide bonds. The highest BCUT2D eigenvalue weighted by molar-refractivity contribution is 7.17. The molecule has 0 spiro atoms. The smallest absolute Gasteiger partial charge is 0.271 e. The number of nitrogens with zero attached hydrogens (tertiary/aromatic N) is 3. The molecular formula is C15H14N4O2S2. The monoisotopic (exact) mass is 346 g/mol. The summed E-state index contributed by atoms with van der Waals surface area (Å²) in [5, 5.41) is 3.21. The second-order valence-electron chi connectivity index (χ2n) is 5.54. The van der Waals surface area contributed by atoms with Gasteiger partial charge in [0.05, 0.1) is 5.69 Å². The van der Waals surface area contributed by atoms with Crippen LogP contribution in [0.5, 0.6) is 0 Å². The standard InChI is InChI=1S/C15H14N4O2S2/c1-7-8(2)22-14(17-7)18-12(20)9-6-16-15-19(13(9)21)10-4-3-5-11(10)23-15/h6H,3-5H2,1-2H3,(H,17,18,20). The Morgan fingerprint density at radius 1 is 1.30 bits per heavy atom. The van der Waals surface area contributed by atoms with Crippen molar-refractivity contribution in [3.63, 3.8) is 0 Å². The first-order chi connectivity index (χ1) is 11.0. The lowest BCUT2D eigenvalue weighted by atomic mass is 10.3. The lowest BCUT2D eigenvalue weighted by molar-refractivity contribution is 0.102. The van der Waals surface area contributed by atoms with E-state index in [1.807, 2.05) is 13.8 Å². The summed E-state index contributed by atoms with van der Waals surface area (Å²) in [7, 11) is 0. The molecule has 8 heteroatoms. The van der Waals surface area contributed by atoms with Crippen molar-refractivity contribution in [2.45, 2.75) is 33.1 Å². The number of aromatic nitrogens is 3. The predicted molar refractivity (Wildman–Crippen MR) is 90.9 cm³/mol. The van der Waals surface area contributed by atoms with E-state index < -0.39 is 5.91 Å². The second kappa shape index (κ2) is 5.24. The quantitative estimate of drug-likeness (QED) is 0.774. The first kappa shape index (κ1) is 14.5. The highest BCUT2D eigenvalue weighted by atomic mass is 32.1. The van der Waals surface area contributed by atoms with E-state index in [1.165, 1.54) is 22.4 Å². The molecule has 1 aliphatic carbocycles. The minimum absolute atomic E-state index is 0.0560. The largest absolute Gasteiger partial charge is 0.298 e. The molecule has 1 N–H and O–H groups in total. The van der Waals surface area contributed by atoms with Crippen LogP contribution < -0.4 is 10.9 Å². The van der Waals surface area contributed by atoms with Crippen LogP contribution in [0.15, 0.2) is 11.0 Å². The molecule has 0 bridgehead atoms. The minimum atomic E-state index is -0.455. The van der Waals surface area contributed by atoms with E-state index in [4.69, 9.17) is 0 Å². The number of rotatable bonds is 2. The molecule has 6 nitrogen and oxygen atoms in total. The summed E-state index contributed by atoms with van der Waals surface area (Å²) < 4.78 is 1.60. The normalized spacial score (nSPS) is 13.5. The molecule has 0 saturated carbocycles. The number of thiazole rings is 2. The Morgan fingerprint density at radius 3 is 2.87 bits per heavy atom. The number of hydrogen-bond donors (Lipinski definition) is 1. The molecule has 0 unspecified atom stereocenters. The van der Waals surface area contributed by atoms with Crippen LogP contribution in [-0.2, 0) is 12.8 Å². The lowest BCUT2D eigenvalue weighted by Crippen LogP contribution is -2.27. The topological polar surface area (TPSA) is 76.4 Å². The van der Waals surface area contributed by atoms with Crippen LogP contribution in [0.1, 0.15) is 37.9 Å². The van der Waals surface area contributed by atoms with Crippen LogP contribution in [-0.4, -0.2) is 20.3 Å². The van der Waals surface area contributed by atoms with E-state index in [-0.39, 0.29) is 11.1 Å². The summed E-state index contributed by atoms with van der Waals surface area (Å²) >= 11 is 2.94. The van der Waals surface area contributed by atoms with Crippen molar-refractivity contribution in [1.29, 1.82) is 0 Å². The number of carbonyl (C=O) groups excluding carboxylic acids is 1. The minimum Gasteiger partial charge on any atom is -0.298 e. The highest BCUT2D eigenvalue weighted by Gasteiger charge is 2.22. The molecule has 1 aliphatic rings. The van der Waals surface area contributed by atoms with Gasteiger partial charge in [0, 0.05) is 21.6 Å². The predicted octanol–water partition coefficient (Wildman–Crippen LogP) is 2.57. The van der Waals surface area contributed by atoms with Crippen LogP contribution in [0.25, 0.3) is 4.96 Å². The Hall–Kier alpha value is -2.06. The molecular weight excluding hydrogens is 332 g/mol. The van der Waals surface area contributed by atoms with Crippen molar-refractivity contribution in [1.82, 2.24) is 14.4 Å². The third-order valence-corrected chi connectivity index (χ3v) is 6.19. The van der Waals surface area contributed by atoms with E-state index in [2.05, 4.69) is 15.3 Å². The van der Waals surface area contributed by atoms with Crippen molar-refractivity contribution >= 4 is 38.7 Å². The molecule has 3 heterocycles. The Balaban J connectivity index is 1.75. The Morgan fingerprint density at radius 2 is 2.13 bits per heavy atom. The van der Waals surface area contributed by atoms with E-state index in [0.29, 0.717) is 10.1 Å². The van der Waals surface area contributed by atoms with Gasteiger partial charge in [0.25, 0.3) is 11.5 Å². The molecule has 4 rings (SSSR count). The number of carbonyl (C=O) groups is 1. The molecule has 3 aromatic heterocycles. The van der Waals surface area contributed by atoms with Crippen LogP contribution in [0.2, 0.25) is 0 Å². The lowest BCUT2D eigenvalue weighted by Gasteiger charge is -2.03. The van der Waals surface area contributed by atoms with Gasteiger partial charge >= 0.3 is 0 Å². The fourth-order valence-electron chi connectivity index (χ4n) is 2.75. The molecule has 118 valence electrons. The Bertz CT molecular complexity index is 979. The van der Waals surface area contributed by atoms with Crippen molar-refractivity contribution in [3.8, 4) is 0 Å². The molecule has 23 heavy (non-hydrogen) atoms. The van der Waals surface area contributed by atoms with Crippen molar-refractivity contribution in [2.75, 3.05) is 5.32 Å². The molecule has 3 aromatic rings. The third-order valence-electron chi connectivity index (χ3n) is 4.05. The summed E-state index contributed by atoms with van der Waals surface area (Å²) in [4.78, 5) is 36.6. The van der Waals surface area contributed by atoms with Crippen LogP contribution in [0.4, 0.5) is 5.13 Å². The summed E-state index contributed by atoms with van der Waals surface area (Å²) in [5.74, 6) is -0.455. The van der Waals surface area contributed by atoms with E-state index in [9.17, 15) is 9.59 Å². The van der Waals surface area contributed by atoms with Crippen LogP contribution >= 0.6 is 22.7 Å². The summed E-state index contributed by atoms with van der Waals surface area (Å²) in [6, 6.07) is 0. The van der Waals surface area contributed by atoms with Gasteiger partial charge in [-0.25, -0.2) is 9.97 Å². The molecule has 0 fully saturated rings. The summed E-state index contributed by atoms with van der Waals surface area (Å²) in [6.45, 7) is 3.83. The van der Waals surface area contributed by atoms with Gasteiger partial charge < -0.3 is 0 Å². The fourth-order valence-corrected chi connectivity index (χ4v) is 4.73. The fraction of sp³-hybridized carbons (Fsp3) is 0.333. The SMILES string of the molecule is Cc1nc(NC(=O)c2cnc3sc4c(n3c2=O)CCC4)sc1C. The Kier molecular flexibility index (Phi) is 3.31. The van der Waals surface area contributed by atoms with Gasteiger partial charge in [0.1, 0.15) is 5.56 Å². The van der Waals surface area contributed by atoms with Gasteiger partial charge in [0.15, 0.2) is 10.1 Å². The average Bonchev–Trinajstić information content (AvgIpc) is 3.14. The zero-order valence-corrected chi connectivity index (χ0v) is 14.3. The molecule has 0 atom stereocenters. The van der Waals surface area contributed by atoms with Gasteiger partial charge in [0.2, 0.25) is 0 Å². The maximum atomic E-state index is 12.7. The van der Waals surface area contributed by atoms with Crippen molar-refractivity contribution in [2.24, 2.45) is 0 Å². The third kappa shape index (κ3) is 2.29. The number of hydrogen-bond acceptors (Lipinski definition) is 6.